The minimum atomic E-state index is -5.36. The topological polar surface area (TPSA) is 0 Å². The Balaban J connectivity index is 0.000000535. The molecule has 8 fully saturated rings. The van der Waals surface area contributed by atoms with E-state index in [0.29, 0.717) is 31.1 Å². The minimum absolute atomic E-state index is 0.119. The summed E-state index contributed by atoms with van der Waals surface area (Å²) in [6.45, 7) is 30.3. The first-order valence-electron chi connectivity index (χ1n) is 33.4. The highest BCUT2D eigenvalue weighted by Crippen LogP contribution is 2.65. The van der Waals surface area contributed by atoms with Crippen LogP contribution in [0, 0.1) is 136 Å². The quantitative estimate of drug-likeness (QED) is 0.212. The van der Waals surface area contributed by atoms with Gasteiger partial charge in [0.15, 0.2) is 0 Å². The van der Waals surface area contributed by atoms with Crippen LogP contribution in [-0.4, -0.2) is 72.8 Å². The maximum absolute atomic E-state index is 12.9. The van der Waals surface area contributed by atoms with E-state index in [-0.39, 0.29) is 55.8 Å². The lowest BCUT2D eigenvalue weighted by atomic mass is 9.73. The van der Waals surface area contributed by atoms with Gasteiger partial charge in [0.05, 0.1) is 35.5 Å². The maximum atomic E-state index is 12.9. The van der Waals surface area contributed by atoms with Gasteiger partial charge in [-0.05, 0) is 121 Å². The van der Waals surface area contributed by atoms with Gasteiger partial charge in [-0.1, -0.05) is 176 Å². The van der Waals surface area contributed by atoms with Crippen molar-refractivity contribution in [1.29, 1.82) is 0 Å². The standard InChI is InChI=1S/C10H14F6.2C9H15F3.C8H13F3.2C8H16.C7H7F7.C7H11F3/c1-4-5(2)8(10(14,15)16)6(3)7(4)9(11,12)13;2*1-6-4-3-5-8(7(6)2)9(10,11)12;1-5-3-6(2)7(4-5)8(9,10)11;2*1-6-4-5-7(2)8(6)3;1-3-5(9,10)4(2,8)7(13,14)6(3,11)12;1-3-5(8)4(2)7(10)6(3)9/h4-8H,1-3H3;2*6-8H,3-5H2,1-2H3;5-7H,3-4H2,1-2H3;2*6-8H,4-5H2,1-3H3;3H,1-2H3;3-7H,1-2H3/t;2*6?,7-,8?;;;;3-,4?;/m.11...0./s1/i;7D;;;8D;;;. The molecule has 20 unspecified atom stereocenters. The zero-order valence-electron chi connectivity index (χ0n) is 58.3. The Morgan fingerprint density at radius 3 is 0.824 bits per heavy atom. The van der Waals surface area contributed by atoms with E-state index in [1.807, 2.05) is 13.8 Å². The summed E-state index contributed by atoms with van der Waals surface area (Å²) in [5, 5.41) is 0. The van der Waals surface area contributed by atoms with E-state index in [4.69, 9.17) is 2.74 Å². The van der Waals surface area contributed by atoms with Crippen molar-refractivity contribution in [2.24, 2.45) is 136 Å². The predicted octanol–water partition coefficient (Wildman–Crippen LogP) is 25.7. The smallest absolute Gasteiger partial charge is 0.247 e. The molecule has 0 nitrogen and oxygen atoms in total. The molecule has 8 saturated carbocycles. The van der Waals surface area contributed by atoms with Crippen LogP contribution in [0.4, 0.5) is 110 Å². The molecule has 0 bridgehead atoms. The van der Waals surface area contributed by atoms with Gasteiger partial charge in [-0.3, -0.25) is 0 Å². The zero-order valence-corrected chi connectivity index (χ0v) is 56.3. The van der Waals surface area contributed by atoms with E-state index in [0.717, 1.165) is 50.4 Å². The molecule has 8 rings (SSSR count). The van der Waals surface area contributed by atoms with Crippen LogP contribution in [0.15, 0.2) is 0 Å². The summed E-state index contributed by atoms with van der Waals surface area (Å²) >= 11 is 0. The summed E-state index contributed by atoms with van der Waals surface area (Å²) in [6, 6.07) is 0. The monoisotopic (exact) mass is 1380 g/mol. The molecule has 0 aromatic carbocycles. The summed E-state index contributed by atoms with van der Waals surface area (Å²) in [5.41, 5.74) is -4.52. The molecule has 8 aliphatic carbocycles. The van der Waals surface area contributed by atoms with E-state index >= 15 is 0 Å². The molecule has 0 N–H and O–H groups in total. The second-order valence-corrected chi connectivity index (χ2v) is 29.1. The lowest BCUT2D eigenvalue weighted by Crippen LogP contribution is -2.52. The Hall–Kier alpha value is -1.75. The number of alkyl halides is 25. The minimum Gasteiger partial charge on any atom is -0.247 e. The summed E-state index contributed by atoms with van der Waals surface area (Å²) < 4.78 is 329. The van der Waals surface area contributed by atoms with Crippen molar-refractivity contribution in [3.8, 4) is 0 Å². The van der Waals surface area contributed by atoms with Gasteiger partial charge in [-0.25, -0.2) is 26.3 Å². The lowest BCUT2D eigenvalue weighted by molar-refractivity contribution is -0.248. The first-order chi connectivity index (χ1) is 41.3. The van der Waals surface area contributed by atoms with Gasteiger partial charge >= 0.3 is 42.7 Å². The van der Waals surface area contributed by atoms with Gasteiger partial charge in [0, 0.05) is 14.6 Å². The van der Waals surface area contributed by atoms with Crippen LogP contribution in [0.25, 0.3) is 0 Å². The van der Waals surface area contributed by atoms with Crippen LogP contribution >= 0.6 is 0 Å². The van der Waals surface area contributed by atoms with E-state index in [1.165, 1.54) is 60.3 Å². The van der Waals surface area contributed by atoms with Gasteiger partial charge < -0.3 is 0 Å². The molecule has 8 aliphatic rings. The summed E-state index contributed by atoms with van der Waals surface area (Å²) in [6.07, 6.45) is -15.8. The average Bonchev–Trinajstić information content (AvgIpc) is 1.54. The van der Waals surface area contributed by atoms with Crippen LogP contribution in [-0.2, 0) is 0 Å². The average molecular weight is 1380 g/mol. The molecule has 25 heteroatoms. The third-order valence-corrected chi connectivity index (χ3v) is 22.9. The van der Waals surface area contributed by atoms with Crippen molar-refractivity contribution >= 4 is 0 Å². The molecule has 0 heterocycles. The van der Waals surface area contributed by atoms with Gasteiger partial charge in [-0.15, -0.1) is 0 Å². The summed E-state index contributed by atoms with van der Waals surface area (Å²) in [7, 11) is 0. The second-order valence-electron chi connectivity index (χ2n) is 29.1. The molecule has 546 valence electrons. The van der Waals surface area contributed by atoms with E-state index in [1.54, 1.807) is 20.8 Å². The van der Waals surface area contributed by atoms with Crippen LogP contribution in [0.5, 0.6) is 0 Å². The number of hydrogen-bond donors (Lipinski definition) is 0. The van der Waals surface area contributed by atoms with E-state index < -0.39 is 144 Å². The molecule has 0 saturated heterocycles. The molecule has 0 aromatic heterocycles. The lowest BCUT2D eigenvalue weighted by Gasteiger charge is -2.35. The van der Waals surface area contributed by atoms with Crippen LogP contribution < -0.4 is 0 Å². The molecular formula is C66H107F25. The van der Waals surface area contributed by atoms with Crippen LogP contribution in [0.3, 0.4) is 0 Å². The molecule has 91 heavy (non-hydrogen) atoms. The Morgan fingerprint density at radius 2 is 0.637 bits per heavy atom. The normalized spacial score (nSPS) is 45.3. The number of halogens is 25. The molecule has 0 aromatic rings. The molecule has 23 atom stereocenters. The summed E-state index contributed by atoms with van der Waals surface area (Å²) in [5.74, 6) is -27.7. The van der Waals surface area contributed by atoms with Gasteiger partial charge in [0.1, 0.15) is 18.5 Å². The highest BCUT2D eigenvalue weighted by Gasteiger charge is 2.88. The highest BCUT2D eigenvalue weighted by molar-refractivity contribution is 5.19. The molecule has 0 radical (unpaired) electrons. The second kappa shape index (κ2) is 33.2. The Bertz CT molecular complexity index is 2070. The Kier molecular flexibility index (Phi) is 30.5. The van der Waals surface area contributed by atoms with E-state index in [9.17, 15) is 110 Å². The first-order valence-corrected chi connectivity index (χ1v) is 32.4. The third kappa shape index (κ3) is 21.9. The fourth-order valence-corrected chi connectivity index (χ4v) is 14.8. The van der Waals surface area contributed by atoms with Gasteiger partial charge in [-0.2, -0.15) is 83.4 Å². The Labute approximate surface area is 528 Å². The van der Waals surface area contributed by atoms with Crippen molar-refractivity contribution in [3.63, 3.8) is 0 Å². The molecule has 0 amide bonds. The van der Waals surface area contributed by atoms with Crippen molar-refractivity contribution in [1.82, 2.24) is 0 Å². The van der Waals surface area contributed by atoms with Crippen LogP contribution in [0.1, 0.15) is 211 Å². The third-order valence-electron chi connectivity index (χ3n) is 22.9. The highest BCUT2D eigenvalue weighted by atomic mass is 19.4. The van der Waals surface area contributed by atoms with Gasteiger partial charge in [0.25, 0.3) is 5.92 Å². The molecule has 0 aliphatic heterocycles. The fourth-order valence-electron chi connectivity index (χ4n) is 14.8. The largest absolute Gasteiger partial charge is 0.392 e. The fraction of sp³-hybridized carbons (Fsp3) is 1.00. The Morgan fingerprint density at radius 1 is 0.308 bits per heavy atom. The first kappa shape index (κ1) is 83.5. The predicted molar refractivity (Wildman–Crippen MR) is 307 cm³/mol. The van der Waals surface area contributed by atoms with Crippen molar-refractivity contribution in [3.05, 3.63) is 0 Å². The molecular weight excluding hydrogens is 1270 g/mol. The van der Waals surface area contributed by atoms with Crippen molar-refractivity contribution < 1.29 is 113 Å². The van der Waals surface area contributed by atoms with Crippen molar-refractivity contribution in [2.45, 2.75) is 281 Å². The van der Waals surface area contributed by atoms with Gasteiger partial charge in [0.2, 0.25) is 5.67 Å². The molecule has 0 spiro atoms. The van der Waals surface area contributed by atoms with Crippen LogP contribution in [0.2, 0.25) is 0 Å². The van der Waals surface area contributed by atoms with Crippen molar-refractivity contribution in [2.75, 3.05) is 0 Å². The number of rotatable bonds is 0. The SMILES string of the molecule is CC1C(C)C(C(F)(F)F)C(C)C1C(F)(F)F.CC1C(F)C(C)C(F)C1F.CC1CC(C)C(C(F)(F)F)C1.CC1CCC(C)C1C.CC1CCCC(C(F)(F)F)[C@@H]1C.C[C@H]1C(F)(F)C(C)(F)C(F)(F)C1(F)F.[2H]C1(C)C(C)CCC1C.[2H][C@@]1(C)C(C)CCCC1C(F)(F)F. The zero-order chi connectivity index (χ0) is 73.8. The van der Waals surface area contributed by atoms with E-state index in [2.05, 4.69) is 41.5 Å². The summed E-state index contributed by atoms with van der Waals surface area (Å²) in [4.78, 5) is 0. The maximum Gasteiger partial charge on any atom is 0.392 e. The number of hydrogen-bond acceptors (Lipinski definition) is 0.